The van der Waals surface area contributed by atoms with Crippen molar-refractivity contribution in [2.24, 2.45) is 0 Å². The molecule has 0 aliphatic rings. The van der Waals surface area contributed by atoms with Gasteiger partial charge in [0.2, 0.25) is 0 Å². The lowest BCUT2D eigenvalue weighted by Crippen LogP contribution is -1.99. The Morgan fingerprint density at radius 3 is 2.71 bits per heavy atom. The van der Waals surface area contributed by atoms with Crippen molar-refractivity contribution in [3.05, 3.63) is 23.8 Å². The number of benzene rings is 1. The molecule has 78 valence electrons. The van der Waals surface area contributed by atoms with Crippen LogP contribution in [0, 0.1) is 0 Å². The summed E-state index contributed by atoms with van der Waals surface area (Å²) in [5.41, 5.74) is 1.01. The SMILES string of the molecule is COc1cc(O)ccc1C(C)CCO. The van der Waals surface area contributed by atoms with Crippen molar-refractivity contribution < 1.29 is 14.9 Å². The number of ether oxygens (including phenoxy) is 1. The second-order valence-corrected chi connectivity index (χ2v) is 3.34. The number of hydrogen-bond acceptors (Lipinski definition) is 3. The van der Waals surface area contributed by atoms with E-state index in [-0.39, 0.29) is 18.3 Å². The molecule has 0 bridgehead atoms. The molecule has 0 aliphatic carbocycles. The van der Waals surface area contributed by atoms with Crippen molar-refractivity contribution in [1.82, 2.24) is 0 Å². The van der Waals surface area contributed by atoms with Gasteiger partial charge in [0, 0.05) is 12.7 Å². The number of hydrogen-bond donors (Lipinski definition) is 2. The Morgan fingerprint density at radius 1 is 1.43 bits per heavy atom. The van der Waals surface area contributed by atoms with Gasteiger partial charge in [0.05, 0.1) is 7.11 Å². The normalized spacial score (nSPS) is 12.5. The maximum absolute atomic E-state index is 9.25. The number of aromatic hydroxyl groups is 1. The highest BCUT2D eigenvalue weighted by atomic mass is 16.5. The predicted molar refractivity (Wildman–Crippen MR) is 54.8 cm³/mol. The van der Waals surface area contributed by atoms with Crippen molar-refractivity contribution in [1.29, 1.82) is 0 Å². The smallest absolute Gasteiger partial charge is 0.126 e. The standard InChI is InChI=1S/C11H16O3/c1-8(5-6-12)10-4-3-9(13)7-11(10)14-2/h3-4,7-8,12-13H,5-6H2,1-2H3. The third kappa shape index (κ3) is 2.39. The Balaban J connectivity index is 2.95. The van der Waals surface area contributed by atoms with E-state index in [1.165, 1.54) is 0 Å². The first-order valence-corrected chi connectivity index (χ1v) is 4.66. The van der Waals surface area contributed by atoms with Crippen LogP contribution in [0.2, 0.25) is 0 Å². The molecule has 0 saturated heterocycles. The Labute approximate surface area is 84.0 Å². The number of aliphatic hydroxyl groups excluding tert-OH is 1. The summed E-state index contributed by atoms with van der Waals surface area (Å²) in [7, 11) is 1.57. The quantitative estimate of drug-likeness (QED) is 0.773. The van der Waals surface area contributed by atoms with Crippen LogP contribution in [0.15, 0.2) is 18.2 Å². The van der Waals surface area contributed by atoms with Gasteiger partial charge < -0.3 is 14.9 Å². The summed E-state index contributed by atoms with van der Waals surface area (Å²) in [6.45, 7) is 2.18. The highest BCUT2D eigenvalue weighted by molar-refractivity contribution is 5.41. The highest BCUT2D eigenvalue weighted by Crippen LogP contribution is 2.31. The number of methoxy groups -OCH3 is 1. The van der Waals surface area contributed by atoms with E-state index in [0.717, 1.165) is 5.56 Å². The molecule has 0 radical (unpaired) electrons. The number of phenols is 1. The second kappa shape index (κ2) is 4.86. The van der Waals surface area contributed by atoms with Gasteiger partial charge >= 0.3 is 0 Å². The van der Waals surface area contributed by atoms with E-state index >= 15 is 0 Å². The van der Waals surface area contributed by atoms with Gasteiger partial charge in [-0.2, -0.15) is 0 Å². The van der Waals surface area contributed by atoms with Gasteiger partial charge in [-0.1, -0.05) is 13.0 Å². The first-order valence-electron chi connectivity index (χ1n) is 4.66. The Bertz CT molecular complexity index is 297. The van der Waals surface area contributed by atoms with E-state index < -0.39 is 0 Å². The van der Waals surface area contributed by atoms with Crippen LogP contribution in [0.25, 0.3) is 0 Å². The monoisotopic (exact) mass is 196 g/mol. The summed E-state index contributed by atoms with van der Waals surface area (Å²) in [5.74, 6) is 1.10. The Kier molecular flexibility index (Phi) is 3.77. The molecule has 3 heteroatoms. The zero-order valence-electron chi connectivity index (χ0n) is 8.53. The molecule has 3 nitrogen and oxygen atoms in total. The van der Waals surface area contributed by atoms with Crippen molar-refractivity contribution in [3.63, 3.8) is 0 Å². The molecule has 0 amide bonds. The molecule has 1 atom stereocenters. The number of rotatable bonds is 4. The van der Waals surface area contributed by atoms with Crippen molar-refractivity contribution in [2.45, 2.75) is 19.3 Å². The fourth-order valence-electron chi connectivity index (χ4n) is 1.46. The largest absolute Gasteiger partial charge is 0.508 e. The van der Waals surface area contributed by atoms with E-state index in [1.807, 2.05) is 13.0 Å². The highest BCUT2D eigenvalue weighted by Gasteiger charge is 2.11. The maximum Gasteiger partial charge on any atom is 0.126 e. The van der Waals surface area contributed by atoms with Crippen LogP contribution in [0.4, 0.5) is 0 Å². The summed E-state index contributed by atoms with van der Waals surface area (Å²) in [6, 6.07) is 5.05. The minimum atomic E-state index is 0.158. The zero-order chi connectivity index (χ0) is 10.6. The van der Waals surface area contributed by atoms with Crippen molar-refractivity contribution in [3.8, 4) is 11.5 Å². The van der Waals surface area contributed by atoms with E-state index in [1.54, 1.807) is 19.2 Å². The molecule has 1 unspecified atom stereocenters. The van der Waals surface area contributed by atoms with Crippen LogP contribution in [-0.2, 0) is 0 Å². The lowest BCUT2D eigenvalue weighted by molar-refractivity contribution is 0.277. The number of aliphatic hydroxyl groups is 1. The Morgan fingerprint density at radius 2 is 2.14 bits per heavy atom. The van der Waals surface area contributed by atoms with E-state index in [4.69, 9.17) is 9.84 Å². The first kappa shape index (κ1) is 10.9. The van der Waals surface area contributed by atoms with Crippen LogP contribution in [0.5, 0.6) is 11.5 Å². The van der Waals surface area contributed by atoms with Crippen LogP contribution < -0.4 is 4.74 Å². The average Bonchev–Trinajstić information content (AvgIpc) is 2.17. The molecule has 0 spiro atoms. The van der Waals surface area contributed by atoms with E-state index in [0.29, 0.717) is 12.2 Å². The van der Waals surface area contributed by atoms with Gasteiger partial charge in [-0.05, 0) is 24.0 Å². The van der Waals surface area contributed by atoms with Crippen LogP contribution in [-0.4, -0.2) is 23.9 Å². The molecule has 1 aromatic carbocycles. The fourth-order valence-corrected chi connectivity index (χ4v) is 1.46. The summed E-state index contributed by atoms with van der Waals surface area (Å²) in [5, 5.41) is 18.1. The topological polar surface area (TPSA) is 49.7 Å². The molecular weight excluding hydrogens is 180 g/mol. The summed E-state index contributed by atoms with van der Waals surface area (Å²) in [6.07, 6.45) is 0.696. The van der Waals surface area contributed by atoms with Gasteiger partial charge in [-0.25, -0.2) is 0 Å². The van der Waals surface area contributed by atoms with Gasteiger partial charge in [0.25, 0.3) is 0 Å². The van der Waals surface area contributed by atoms with Gasteiger partial charge in [0.15, 0.2) is 0 Å². The van der Waals surface area contributed by atoms with Crippen LogP contribution in [0.1, 0.15) is 24.8 Å². The molecule has 0 aromatic heterocycles. The molecule has 0 fully saturated rings. The fraction of sp³-hybridized carbons (Fsp3) is 0.455. The second-order valence-electron chi connectivity index (χ2n) is 3.34. The summed E-state index contributed by atoms with van der Waals surface area (Å²) in [4.78, 5) is 0. The van der Waals surface area contributed by atoms with Gasteiger partial charge in [-0.15, -0.1) is 0 Å². The predicted octanol–water partition coefficient (Wildman–Crippen LogP) is 1.89. The molecular formula is C11H16O3. The molecule has 0 aliphatic heterocycles. The lowest BCUT2D eigenvalue weighted by atomic mass is 9.97. The summed E-state index contributed by atoms with van der Waals surface area (Å²) >= 11 is 0. The average molecular weight is 196 g/mol. The molecule has 14 heavy (non-hydrogen) atoms. The third-order valence-electron chi connectivity index (χ3n) is 2.31. The van der Waals surface area contributed by atoms with E-state index in [2.05, 4.69) is 0 Å². The molecule has 1 aromatic rings. The molecule has 2 N–H and O–H groups in total. The van der Waals surface area contributed by atoms with Gasteiger partial charge in [-0.3, -0.25) is 0 Å². The Hall–Kier alpha value is -1.22. The number of phenolic OH excluding ortho intramolecular Hbond substituents is 1. The zero-order valence-corrected chi connectivity index (χ0v) is 8.53. The molecule has 0 saturated carbocycles. The third-order valence-corrected chi connectivity index (χ3v) is 2.31. The van der Waals surface area contributed by atoms with Crippen LogP contribution in [0.3, 0.4) is 0 Å². The van der Waals surface area contributed by atoms with E-state index in [9.17, 15) is 5.11 Å². The van der Waals surface area contributed by atoms with Gasteiger partial charge in [0.1, 0.15) is 11.5 Å². The van der Waals surface area contributed by atoms with Crippen molar-refractivity contribution in [2.75, 3.05) is 13.7 Å². The van der Waals surface area contributed by atoms with Crippen molar-refractivity contribution >= 4 is 0 Å². The minimum absolute atomic E-state index is 0.158. The molecule has 1 rings (SSSR count). The van der Waals surface area contributed by atoms with Crippen LogP contribution >= 0.6 is 0 Å². The summed E-state index contributed by atoms with van der Waals surface area (Å²) < 4.78 is 5.15. The molecule has 0 heterocycles. The maximum atomic E-state index is 9.25. The lowest BCUT2D eigenvalue weighted by Gasteiger charge is -2.14. The minimum Gasteiger partial charge on any atom is -0.508 e. The first-order chi connectivity index (χ1) is 6.69.